The van der Waals surface area contributed by atoms with Crippen molar-refractivity contribution in [1.82, 2.24) is 10.6 Å². The Morgan fingerprint density at radius 1 is 0.893 bits per heavy atom. The Morgan fingerprint density at radius 2 is 1.50 bits per heavy atom. The Kier molecular flexibility index (Phi) is 13.1. The fourth-order valence-electron chi connectivity index (χ4n) is 2.65. The number of aromatic hydroxyl groups is 1. The highest BCUT2D eigenvalue weighted by molar-refractivity contribution is 6.34. The molecule has 0 spiro atoms. The van der Waals surface area contributed by atoms with Crippen LogP contribution in [0.2, 0.25) is 0 Å². The molecule has 0 unspecified atom stereocenters. The summed E-state index contributed by atoms with van der Waals surface area (Å²) in [5, 5.41) is 14.1. The number of hydrogen-bond acceptors (Lipinski definition) is 4. The number of rotatable bonds is 14. The lowest BCUT2D eigenvalue weighted by Gasteiger charge is -2.06. The van der Waals surface area contributed by atoms with Crippen molar-refractivity contribution in [3.63, 3.8) is 0 Å². The van der Waals surface area contributed by atoms with Crippen LogP contribution in [0.3, 0.4) is 0 Å². The molecule has 0 aliphatic heterocycles. The maximum atomic E-state index is 11.2. The molecule has 0 atom stereocenters. The smallest absolute Gasteiger partial charge is 0.309 e. The zero-order chi connectivity index (χ0) is 20.5. The van der Waals surface area contributed by atoms with E-state index in [1.807, 2.05) is 0 Å². The van der Waals surface area contributed by atoms with E-state index < -0.39 is 11.8 Å². The first-order chi connectivity index (χ1) is 13.6. The number of unbranched alkanes of at least 4 members (excludes halogenated alkanes) is 7. The van der Waals surface area contributed by atoms with Gasteiger partial charge < -0.3 is 20.5 Å². The highest BCUT2D eigenvalue weighted by atomic mass is 16.5. The minimum Gasteiger partial charge on any atom is -0.508 e. The quantitative estimate of drug-likeness (QED) is 0.257. The van der Waals surface area contributed by atoms with Gasteiger partial charge >= 0.3 is 11.8 Å². The SMILES string of the molecule is CNC(=O)C(=O)NCCCCC=CCCCCCCCOc1ccc(O)cc1. The average molecular weight is 391 g/mol. The summed E-state index contributed by atoms with van der Waals surface area (Å²) in [7, 11) is 1.45. The van der Waals surface area contributed by atoms with Crippen molar-refractivity contribution in [3.8, 4) is 11.5 Å². The van der Waals surface area contributed by atoms with Gasteiger partial charge in [0.15, 0.2) is 0 Å². The number of nitrogens with one attached hydrogen (secondary N) is 2. The summed E-state index contributed by atoms with van der Waals surface area (Å²) in [6.45, 7) is 1.25. The van der Waals surface area contributed by atoms with Gasteiger partial charge in [-0.3, -0.25) is 9.59 Å². The molecular weight excluding hydrogens is 356 g/mol. The van der Waals surface area contributed by atoms with E-state index in [9.17, 15) is 14.7 Å². The summed E-state index contributed by atoms with van der Waals surface area (Å²) >= 11 is 0. The maximum absolute atomic E-state index is 11.2. The summed E-state index contributed by atoms with van der Waals surface area (Å²) in [5.74, 6) is -0.0979. The van der Waals surface area contributed by atoms with Gasteiger partial charge in [0.2, 0.25) is 0 Å². The zero-order valence-electron chi connectivity index (χ0n) is 16.9. The van der Waals surface area contributed by atoms with Gasteiger partial charge in [0.05, 0.1) is 6.61 Å². The predicted molar refractivity (Wildman–Crippen MR) is 111 cm³/mol. The summed E-state index contributed by atoms with van der Waals surface area (Å²) in [5.41, 5.74) is 0. The third-order valence-corrected chi connectivity index (χ3v) is 4.30. The van der Waals surface area contributed by atoms with Gasteiger partial charge in [0, 0.05) is 13.6 Å². The van der Waals surface area contributed by atoms with Crippen molar-refractivity contribution >= 4 is 11.8 Å². The first-order valence-corrected chi connectivity index (χ1v) is 10.2. The minimum absolute atomic E-state index is 0.257. The number of carbonyl (C=O) groups is 2. The van der Waals surface area contributed by atoms with Crippen LogP contribution in [0.25, 0.3) is 0 Å². The predicted octanol–water partition coefficient (Wildman–Crippen LogP) is 3.70. The van der Waals surface area contributed by atoms with Gasteiger partial charge in [-0.15, -0.1) is 0 Å². The monoisotopic (exact) mass is 390 g/mol. The van der Waals surface area contributed by atoms with Gasteiger partial charge in [0.25, 0.3) is 0 Å². The van der Waals surface area contributed by atoms with Crippen molar-refractivity contribution in [3.05, 3.63) is 36.4 Å². The number of phenolic OH excluding ortho intramolecular Hbond substituents is 1. The number of hydrogen-bond donors (Lipinski definition) is 3. The number of ether oxygens (including phenoxy) is 1. The van der Waals surface area contributed by atoms with Crippen molar-refractivity contribution in [2.45, 2.75) is 57.8 Å². The second-order valence-corrected chi connectivity index (χ2v) is 6.70. The van der Waals surface area contributed by atoms with Gasteiger partial charge in [0.1, 0.15) is 11.5 Å². The van der Waals surface area contributed by atoms with Crippen LogP contribution in [0.5, 0.6) is 11.5 Å². The van der Waals surface area contributed by atoms with E-state index in [-0.39, 0.29) is 5.75 Å². The van der Waals surface area contributed by atoms with Crippen molar-refractivity contribution in [2.24, 2.45) is 0 Å². The molecule has 0 aliphatic carbocycles. The standard InChI is InChI=1S/C22H34N2O4/c1-23-21(26)22(27)24-17-11-9-7-5-3-2-4-6-8-10-12-18-28-20-15-13-19(25)14-16-20/h3,5,13-16,25H,2,4,6-12,17-18H2,1H3,(H,23,26)(H,24,27). The molecule has 0 radical (unpaired) electrons. The molecule has 0 saturated heterocycles. The zero-order valence-corrected chi connectivity index (χ0v) is 16.9. The lowest BCUT2D eigenvalue weighted by molar-refractivity contribution is -0.138. The number of likely N-dealkylation sites (N-methyl/N-ethyl adjacent to an activating group) is 1. The molecule has 1 aromatic carbocycles. The molecule has 28 heavy (non-hydrogen) atoms. The van der Waals surface area contributed by atoms with E-state index in [4.69, 9.17) is 4.74 Å². The number of carbonyl (C=O) groups excluding carboxylic acids is 2. The van der Waals surface area contributed by atoms with Gasteiger partial charge in [-0.2, -0.15) is 0 Å². The molecule has 3 N–H and O–H groups in total. The van der Waals surface area contributed by atoms with Crippen LogP contribution in [0.15, 0.2) is 36.4 Å². The Hall–Kier alpha value is -2.50. The van der Waals surface area contributed by atoms with E-state index >= 15 is 0 Å². The molecule has 0 aliphatic rings. The van der Waals surface area contributed by atoms with E-state index in [1.54, 1.807) is 24.3 Å². The van der Waals surface area contributed by atoms with E-state index in [2.05, 4.69) is 22.8 Å². The lowest BCUT2D eigenvalue weighted by Crippen LogP contribution is -2.38. The number of allylic oxidation sites excluding steroid dienone is 2. The third kappa shape index (κ3) is 12.0. The molecule has 0 heterocycles. The van der Waals surface area contributed by atoms with Crippen molar-refractivity contribution < 1.29 is 19.4 Å². The Balaban J connectivity index is 1.83. The average Bonchev–Trinajstić information content (AvgIpc) is 2.71. The van der Waals surface area contributed by atoms with Gasteiger partial charge in [-0.05, 0) is 62.8 Å². The summed E-state index contributed by atoms with van der Waals surface area (Å²) in [6.07, 6.45) is 14.3. The third-order valence-electron chi connectivity index (χ3n) is 4.30. The minimum atomic E-state index is -0.593. The van der Waals surface area contributed by atoms with E-state index in [0.717, 1.165) is 37.9 Å². The Bertz CT molecular complexity index is 585. The number of amides is 2. The topological polar surface area (TPSA) is 87.7 Å². The van der Waals surface area contributed by atoms with Crippen molar-refractivity contribution in [1.29, 1.82) is 0 Å². The molecule has 6 heteroatoms. The molecule has 0 fully saturated rings. The highest BCUT2D eigenvalue weighted by Gasteiger charge is 2.08. The van der Waals surface area contributed by atoms with Crippen molar-refractivity contribution in [2.75, 3.05) is 20.2 Å². The normalized spacial score (nSPS) is 10.8. The fraction of sp³-hybridized carbons (Fsp3) is 0.545. The molecule has 6 nitrogen and oxygen atoms in total. The summed E-state index contributed by atoms with van der Waals surface area (Å²) < 4.78 is 5.63. The molecule has 2 amide bonds. The highest BCUT2D eigenvalue weighted by Crippen LogP contribution is 2.16. The molecular formula is C22H34N2O4. The molecule has 0 saturated carbocycles. The van der Waals surface area contributed by atoms with Crippen LogP contribution in [0.4, 0.5) is 0 Å². The first-order valence-electron chi connectivity index (χ1n) is 10.2. The molecule has 0 bridgehead atoms. The molecule has 1 aromatic rings. The Morgan fingerprint density at radius 3 is 2.18 bits per heavy atom. The van der Waals surface area contributed by atoms with Gasteiger partial charge in [-0.1, -0.05) is 31.4 Å². The van der Waals surface area contributed by atoms with E-state index in [0.29, 0.717) is 13.2 Å². The molecule has 1 rings (SSSR count). The largest absolute Gasteiger partial charge is 0.508 e. The second kappa shape index (κ2) is 15.5. The number of benzene rings is 1. The maximum Gasteiger partial charge on any atom is 0.309 e. The van der Waals surface area contributed by atoms with Crippen LogP contribution in [0, 0.1) is 0 Å². The summed E-state index contributed by atoms with van der Waals surface area (Å²) in [6, 6.07) is 6.83. The lowest BCUT2D eigenvalue weighted by atomic mass is 10.1. The first kappa shape index (κ1) is 23.5. The molecule has 156 valence electrons. The Labute approximate surface area is 168 Å². The van der Waals surface area contributed by atoms with E-state index in [1.165, 1.54) is 32.7 Å². The fourth-order valence-corrected chi connectivity index (χ4v) is 2.65. The summed E-state index contributed by atoms with van der Waals surface area (Å²) in [4.78, 5) is 22.2. The second-order valence-electron chi connectivity index (χ2n) is 6.70. The van der Waals surface area contributed by atoms with Crippen LogP contribution >= 0.6 is 0 Å². The number of phenols is 1. The van der Waals surface area contributed by atoms with Crippen LogP contribution in [0.1, 0.15) is 57.8 Å². The van der Waals surface area contributed by atoms with Gasteiger partial charge in [-0.25, -0.2) is 0 Å². The molecule has 0 aromatic heterocycles. The van der Waals surface area contributed by atoms with Crippen LogP contribution in [-0.4, -0.2) is 37.1 Å². The van der Waals surface area contributed by atoms with Crippen LogP contribution in [-0.2, 0) is 9.59 Å². The van der Waals surface area contributed by atoms with Crippen LogP contribution < -0.4 is 15.4 Å².